The third-order valence-electron chi connectivity index (χ3n) is 5.66. The van der Waals surface area contributed by atoms with Crippen molar-refractivity contribution in [1.29, 1.82) is 0 Å². The van der Waals surface area contributed by atoms with E-state index in [9.17, 15) is 4.79 Å². The fourth-order valence-electron chi connectivity index (χ4n) is 3.87. The van der Waals surface area contributed by atoms with E-state index >= 15 is 0 Å². The summed E-state index contributed by atoms with van der Waals surface area (Å²) in [5, 5.41) is 6.76. The minimum atomic E-state index is -0.473. The molecule has 0 aliphatic carbocycles. The van der Waals surface area contributed by atoms with E-state index in [0.717, 1.165) is 37.3 Å². The van der Waals surface area contributed by atoms with Gasteiger partial charge in [0.25, 0.3) is 0 Å². The number of nitrogens with one attached hydrogen (secondary N) is 2. The zero-order valence-corrected chi connectivity index (χ0v) is 20.0. The summed E-state index contributed by atoms with van der Waals surface area (Å²) >= 11 is 0. The number of primary amides is 1. The van der Waals surface area contributed by atoms with E-state index in [-0.39, 0.29) is 6.04 Å². The molecule has 0 saturated carbocycles. The third-order valence-corrected chi connectivity index (χ3v) is 5.66. The highest BCUT2D eigenvalue weighted by molar-refractivity contribution is 5.94. The third kappa shape index (κ3) is 6.06. The van der Waals surface area contributed by atoms with Gasteiger partial charge in [0.15, 0.2) is 0 Å². The van der Waals surface area contributed by atoms with Crippen LogP contribution in [0.3, 0.4) is 0 Å². The van der Waals surface area contributed by atoms with Crippen molar-refractivity contribution in [3.8, 4) is 0 Å². The number of hydrogen-bond donors (Lipinski definition) is 3. The van der Waals surface area contributed by atoms with E-state index < -0.39 is 5.91 Å². The Morgan fingerprint density at radius 1 is 1.22 bits per heavy atom. The summed E-state index contributed by atoms with van der Waals surface area (Å²) in [6.07, 6.45) is 1.05. The van der Waals surface area contributed by atoms with Gasteiger partial charge in [0.05, 0.1) is 0 Å². The molecular formula is C23H36N8O. The Bertz CT molecular complexity index is 946. The van der Waals surface area contributed by atoms with Crippen LogP contribution in [0, 0.1) is 12.8 Å². The molecule has 32 heavy (non-hydrogen) atoms. The first-order valence-electron chi connectivity index (χ1n) is 11.3. The molecule has 1 aliphatic rings. The molecule has 1 aromatic carbocycles. The van der Waals surface area contributed by atoms with E-state index in [4.69, 9.17) is 5.73 Å². The zero-order chi connectivity index (χ0) is 23.4. The van der Waals surface area contributed by atoms with Crippen LogP contribution in [0.1, 0.15) is 50.0 Å². The molecule has 2 aromatic rings. The lowest BCUT2D eigenvalue weighted by molar-refractivity contribution is 0.100. The van der Waals surface area contributed by atoms with Gasteiger partial charge in [-0.1, -0.05) is 19.9 Å². The number of carbonyl (C=O) groups excluding carboxylic acids is 1. The molecule has 9 nitrogen and oxygen atoms in total. The van der Waals surface area contributed by atoms with Gasteiger partial charge in [-0.2, -0.15) is 15.0 Å². The van der Waals surface area contributed by atoms with Gasteiger partial charge in [0.2, 0.25) is 23.8 Å². The number of nitrogens with zero attached hydrogens (tertiary/aromatic N) is 5. The SMILES string of the molecule is Cc1ccc(C(N)=O)cc1Nc1nc(N[C@H]2CCN(C(C)C)C2)nc(N(C)CC(C)C)n1. The van der Waals surface area contributed by atoms with Crippen molar-refractivity contribution < 1.29 is 4.79 Å². The van der Waals surface area contributed by atoms with Gasteiger partial charge in [-0.25, -0.2) is 0 Å². The van der Waals surface area contributed by atoms with Gasteiger partial charge in [-0.15, -0.1) is 0 Å². The first-order chi connectivity index (χ1) is 15.1. The molecule has 1 saturated heterocycles. The Kier molecular flexibility index (Phi) is 7.50. The highest BCUT2D eigenvalue weighted by Gasteiger charge is 2.25. The predicted octanol–water partition coefficient (Wildman–Crippen LogP) is 3.01. The van der Waals surface area contributed by atoms with Crippen LogP contribution in [0.2, 0.25) is 0 Å². The fraction of sp³-hybridized carbons (Fsp3) is 0.565. The van der Waals surface area contributed by atoms with Crippen molar-refractivity contribution in [1.82, 2.24) is 19.9 Å². The van der Waals surface area contributed by atoms with Crippen molar-refractivity contribution >= 4 is 29.4 Å². The van der Waals surface area contributed by atoms with Crippen molar-refractivity contribution in [3.63, 3.8) is 0 Å². The largest absolute Gasteiger partial charge is 0.366 e. The molecule has 1 aliphatic heterocycles. The Hall–Kier alpha value is -2.94. The first kappa shape index (κ1) is 23.7. The maximum atomic E-state index is 11.6. The predicted molar refractivity (Wildman–Crippen MR) is 130 cm³/mol. The quantitative estimate of drug-likeness (QED) is 0.545. The summed E-state index contributed by atoms with van der Waals surface area (Å²) < 4.78 is 0. The van der Waals surface area contributed by atoms with E-state index in [0.29, 0.717) is 35.4 Å². The van der Waals surface area contributed by atoms with Gasteiger partial charge < -0.3 is 21.3 Å². The van der Waals surface area contributed by atoms with Gasteiger partial charge >= 0.3 is 0 Å². The maximum Gasteiger partial charge on any atom is 0.248 e. The van der Waals surface area contributed by atoms with Crippen LogP contribution in [0.25, 0.3) is 0 Å². The van der Waals surface area contributed by atoms with Crippen molar-refractivity contribution in [2.45, 2.75) is 53.1 Å². The molecule has 0 spiro atoms. The van der Waals surface area contributed by atoms with E-state index in [2.05, 4.69) is 58.2 Å². The zero-order valence-electron chi connectivity index (χ0n) is 20.0. The molecule has 9 heteroatoms. The first-order valence-corrected chi connectivity index (χ1v) is 11.3. The lowest BCUT2D eigenvalue weighted by atomic mass is 10.1. The molecule has 0 bridgehead atoms. The Morgan fingerprint density at radius 3 is 2.56 bits per heavy atom. The van der Waals surface area contributed by atoms with Gasteiger partial charge in [-0.3, -0.25) is 9.69 Å². The Morgan fingerprint density at radius 2 is 1.94 bits per heavy atom. The number of carbonyl (C=O) groups is 1. The standard InChI is InChI=1S/C23H36N8O/c1-14(2)12-30(6)23-28-21(25-18-9-10-31(13-18)15(3)4)27-22(29-23)26-19-11-17(20(24)32)8-7-16(19)5/h7-8,11,14-15,18H,9-10,12-13H2,1-6H3,(H2,24,32)(H2,25,26,27,28,29)/t18-/m0/s1. The monoisotopic (exact) mass is 440 g/mol. The van der Waals surface area contributed by atoms with Crippen LogP contribution >= 0.6 is 0 Å². The summed E-state index contributed by atoms with van der Waals surface area (Å²) in [7, 11) is 1.98. The number of aromatic nitrogens is 3. The number of benzene rings is 1. The number of rotatable bonds is 9. The number of hydrogen-bond acceptors (Lipinski definition) is 8. The second-order valence-electron chi connectivity index (χ2n) is 9.29. The molecule has 174 valence electrons. The van der Waals surface area contributed by atoms with E-state index in [1.165, 1.54) is 0 Å². The van der Waals surface area contributed by atoms with E-state index in [1.807, 2.05) is 24.9 Å². The second kappa shape index (κ2) is 10.1. The summed E-state index contributed by atoms with van der Waals surface area (Å²) in [6, 6.07) is 6.10. The molecule has 0 radical (unpaired) electrons. The molecular weight excluding hydrogens is 404 g/mol. The summed E-state index contributed by atoms with van der Waals surface area (Å²) in [5.41, 5.74) is 7.59. The highest BCUT2D eigenvalue weighted by atomic mass is 16.1. The average Bonchev–Trinajstić information content (AvgIpc) is 3.17. The van der Waals surface area contributed by atoms with Crippen LogP contribution in [0.5, 0.6) is 0 Å². The number of nitrogens with two attached hydrogens (primary N) is 1. The molecule has 1 aromatic heterocycles. The Labute approximate surface area is 190 Å². The van der Waals surface area contributed by atoms with Crippen LogP contribution in [0.4, 0.5) is 23.5 Å². The topological polar surface area (TPSA) is 112 Å². The molecule has 0 unspecified atom stereocenters. The van der Waals surface area contributed by atoms with Crippen LogP contribution < -0.4 is 21.3 Å². The molecule has 3 rings (SSSR count). The summed E-state index contributed by atoms with van der Waals surface area (Å²) in [5.74, 6) is 1.57. The second-order valence-corrected chi connectivity index (χ2v) is 9.29. The average molecular weight is 441 g/mol. The lowest BCUT2D eigenvalue weighted by Gasteiger charge is -2.22. The number of aryl methyl sites for hydroxylation is 1. The Balaban J connectivity index is 1.88. The lowest BCUT2D eigenvalue weighted by Crippen LogP contribution is -2.32. The fourth-order valence-corrected chi connectivity index (χ4v) is 3.87. The minimum Gasteiger partial charge on any atom is -0.366 e. The number of likely N-dealkylation sites (tertiary alicyclic amines) is 1. The minimum absolute atomic E-state index is 0.288. The smallest absolute Gasteiger partial charge is 0.248 e. The van der Waals surface area contributed by atoms with E-state index in [1.54, 1.807) is 12.1 Å². The van der Waals surface area contributed by atoms with Crippen molar-refractivity contribution in [2.75, 3.05) is 42.2 Å². The number of anilines is 4. The maximum absolute atomic E-state index is 11.6. The molecule has 2 heterocycles. The molecule has 4 N–H and O–H groups in total. The molecule has 1 atom stereocenters. The summed E-state index contributed by atoms with van der Waals surface area (Å²) in [6.45, 7) is 13.6. The van der Waals surface area contributed by atoms with Crippen molar-refractivity contribution in [3.05, 3.63) is 29.3 Å². The molecule has 1 amide bonds. The highest BCUT2D eigenvalue weighted by Crippen LogP contribution is 2.23. The number of amides is 1. The normalized spacial score (nSPS) is 16.6. The van der Waals surface area contributed by atoms with Gasteiger partial charge in [0.1, 0.15) is 0 Å². The van der Waals surface area contributed by atoms with Gasteiger partial charge in [-0.05, 0) is 50.8 Å². The van der Waals surface area contributed by atoms with Crippen LogP contribution in [-0.2, 0) is 0 Å². The van der Waals surface area contributed by atoms with Crippen LogP contribution in [0.15, 0.2) is 18.2 Å². The summed E-state index contributed by atoms with van der Waals surface area (Å²) in [4.78, 5) is 30.1. The van der Waals surface area contributed by atoms with Crippen LogP contribution in [-0.4, -0.2) is 64.5 Å². The molecule has 1 fully saturated rings. The van der Waals surface area contributed by atoms with Crippen molar-refractivity contribution in [2.24, 2.45) is 11.7 Å². The van der Waals surface area contributed by atoms with Gasteiger partial charge in [0, 0.05) is 50.0 Å².